The number of aromatic amines is 1. The smallest absolute Gasteiger partial charge is 0.286 e. The van der Waals surface area contributed by atoms with E-state index < -0.39 is 5.25 Å². The fourth-order valence-corrected chi connectivity index (χ4v) is 5.11. The number of anilines is 1. The van der Waals surface area contributed by atoms with E-state index in [1.807, 2.05) is 67.6 Å². The molecule has 39 heavy (non-hydrogen) atoms. The number of ether oxygens (including phenoxy) is 2. The van der Waals surface area contributed by atoms with Gasteiger partial charge in [0.15, 0.2) is 11.9 Å². The number of carbonyl (C=O) groups excluding carboxylic acids is 2. The van der Waals surface area contributed by atoms with Crippen molar-refractivity contribution in [2.24, 2.45) is 0 Å². The molecule has 0 saturated carbocycles. The van der Waals surface area contributed by atoms with E-state index in [4.69, 9.17) is 15.2 Å². The summed E-state index contributed by atoms with van der Waals surface area (Å²) in [5, 5.41) is 1.63. The zero-order valence-corrected chi connectivity index (χ0v) is 24.0. The standard InChI is InChI=1S/C28H28N4O4S.2ClH/c1-15(2)20-5-4-6-23(25(20)29)36-19-11-12-21-22(14-19)31-26(30-21)16(3)35-18-9-7-17(8-10-18)13-24-27(33)32-28(34)37-24;;/h4-12,14-16,24H,13,29H2,1-3H3,(H,30,31)(H,32,33,34);2*1H. The number of benzene rings is 3. The van der Waals surface area contributed by atoms with Crippen molar-refractivity contribution in [3.05, 3.63) is 77.6 Å². The maximum absolute atomic E-state index is 11.8. The van der Waals surface area contributed by atoms with Gasteiger partial charge in [-0.1, -0.05) is 49.9 Å². The van der Waals surface area contributed by atoms with Gasteiger partial charge in [0.2, 0.25) is 5.91 Å². The van der Waals surface area contributed by atoms with E-state index in [0.29, 0.717) is 41.1 Å². The number of hydrogen-bond donors (Lipinski definition) is 3. The van der Waals surface area contributed by atoms with Gasteiger partial charge >= 0.3 is 0 Å². The Balaban J connectivity index is 0.00000210. The highest BCUT2D eigenvalue weighted by atomic mass is 35.5. The van der Waals surface area contributed by atoms with Crippen molar-refractivity contribution in [1.82, 2.24) is 15.3 Å². The summed E-state index contributed by atoms with van der Waals surface area (Å²) >= 11 is 1.03. The maximum Gasteiger partial charge on any atom is 0.286 e. The Morgan fingerprint density at radius 1 is 1.00 bits per heavy atom. The van der Waals surface area contributed by atoms with Crippen molar-refractivity contribution in [2.75, 3.05) is 5.73 Å². The van der Waals surface area contributed by atoms with E-state index in [1.54, 1.807) is 0 Å². The van der Waals surface area contributed by atoms with Crippen molar-refractivity contribution < 1.29 is 19.1 Å². The number of imide groups is 1. The predicted molar refractivity (Wildman–Crippen MR) is 160 cm³/mol. The minimum Gasteiger partial charge on any atom is -0.483 e. The molecule has 5 rings (SSSR count). The minimum atomic E-state index is -0.391. The van der Waals surface area contributed by atoms with Gasteiger partial charge in [-0.2, -0.15) is 0 Å². The molecular formula is C28H30Cl2N4O4S. The number of nitrogen functional groups attached to an aromatic ring is 1. The van der Waals surface area contributed by atoms with Crippen LogP contribution in [0.4, 0.5) is 10.5 Å². The summed E-state index contributed by atoms with van der Waals surface area (Å²) in [5.41, 5.74) is 10.6. The summed E-state index contributed by atoms with van der Waals surface area (Å²) in [6.45, 7) is 6.13. The van der Waals surface area contributed by atoms with Crippen LogP contribution < -0.4 is 20.5 Å². The van der Waals surface area contributed by atoms with E-state index in [2.05, 4.69) is 29.1 Å². The lowest BCUT2D eigenvalue weighted by molar-refractivity contribution is -0.118. The SMILES string of the molecule is CC(C)c1cccc(Oc2ccc3nc(C(C)Oc4ccc(CC5SC(=O)NC5=O)cc4)[nH]c3c2)c1N.Cl.Cl. The molecule has 2 unspecified atom stereocenters. The number of para-hydroxylation sites is 1. The molecule has 3 aromatic carbocycles. The van der Waals surface area contributed by atoms with Gasteiger partial charge in [0.05, 0.1) is 22.0 Å². The molecule has 206 valence electrons. The molecule has 1 aromatic heterocycles. The lowest BCUT2D eigenvalue weighted by Gasteiger charge is -2.14. The summed E-state index contributed by atoms with van der Waals surface area (Å²) < 4.78 is 12.2. The molecule has 11 heteroatoms. The topological polar surface area (TPSA) is 119 Å². The number of imidazole rings is 1. The molecule has 1 fully saturated rings. The Bertz CT molecular complexity index is 1480. The monoisotopic (exact) mass is 588 g/mol. The highest BCUT2D eigenvalue weighted by Crippen LogP contribution is 2.34. The number of nitrogens with one attached hydrogen (secondary N) is 2. The second-order valence-electron chi connectivity index (χ2n) is 9.31. The van der Waals surface area contributed by atoms with Crippen LogP contribution in [-0.4, -0.2) is 26.4 Å². The van der Waals surface area contributed by atoms with Crippen LogP contribution >= 0.6 is 36.6 Å². The number of aromatic nitrogens is 2. The zero-order chi connectivity index (χ0) is 26.1. The molecule has 2 heterocycles. The van der Waals surface area contributed by atoms with E-state index in [0.717, 1.165) is 33.9 Å². The van der Waals surface area contributed by atoms with E-state index in [9.17, 15) is 9.59 Å². The van der Waals surface area contributed by atoms with E-state index in [-0.39, 0.29) is 42.1 Å². The lowest BCUT2D eigenvalue weighted by Crippen LogP contribution is -2.25. The molecule has 0 aliphatic carbocycles. The predicted octanol–water partition coefficient (Wildman–Crippen LogP) is 6.94. The molecule has 4 N–H and O–H groups in total. The molecule has 0 bridgehead atoms. The van der Waals surface area contributed by atoms with Crippen LogP contribution in [0.15, 0.2) is 60.7 Å². The fraction of sp³-hybridized carbons (Fsp3) is 0.250. The number of carbonyl (C=O) groups is 2. The van der Waals surface area contributed by atoms with Crippen molar-refractivity contribution in [2.45, 2.75) is 44.5 Å². The molecule has 1 aliphatic heterocycles. The summed E-state index contributed by atoms with van der Waals surface area (Å²) in [4.78, 5) is 31.2. The number of rotatable bonds is 8. The number of thioether (sulfide) groups is 1. The molecule has 1 saturated heterocycles. The van der Waals surface area contributed by atoms with Gasteiger partial charge in [-0.3, -0.25) is 14.9 Å². The van der Waals surface area contributed by atoms with Crippen LogP contribution in [0.25, 0.3) is 11.0 Å². The normalized spacial score (nSPS) is 15.4. The Labute approximate surface area is 243 Å². The maximum atomic E-state index is 11.8. The number of hydrogen-bond acceptors (Lipinski definition) is 7. The van der Waals surface area contributed by atoms with Crippen LogP contribution in [0.2, 0.25) is 0 Å². The Kier molecular flexibility index (Phi) is 9.77. The second-order valence-corrected chi connectivity index (χ2v) is 10.5. The highest BCUT2D eigenvalue weighted by molar-refractivity contribution is 8.15. The van der Waals surface area contributed by atoms with Crippen molar-refractivity contribution in [3.8, 4) is 17.2 Å². The average molecular weight is 590 g/mol. The largest absolute Gasteiger partial charge is 0.483 e. The van der Waals surface area contributed by atoms with Crippen LogP contribution in [0, 0.1) is 0 Å². The summed E-state index contributed by atoms with van der Waals surface area (Å²) in [6, 6.07) is 19.0. The Morgan fingerprint density at radius 3 is 2.38 bits per heavy atom. The van der Waals surface area contributed by atoms with Crippen molar-refractivity contribution in [1.29, 1.82) is 0 Å². The quantitative estimate of drug-likeness (QED) is 0.191. The minimum absolute atomic E-state index is 0. The number of fused-ring (bicyclic) bond motifs is 1. The highest BCUT2D eigenvalue weighted by Gasteiger charge is 2.31. The van der Waals surface area contributed by atoms with Crippen molar-refractivity contribution in [3.63, 3.8) is 0 Å². The first-order valence-corrected chi connectivity index (χ1v) is 13.0. The second kappa shape index (κ2) is 12.6. The van der Waals surface area contributed by atoms with Crippen LogP contribution in [0.1, 0.15) is 49.7 Å². The number of nitrogens with two attached hydrogens (primary N) is 1. The van der Waals surface area contributed by atoms with Gasteiger partial charge in [0, 0.05) is 6.07 Å². The van der Waals surface area contributed by atoms with Gasteiger partial charge in [-0.25, -0.2) is 4.98 Å². The first kappa shape index (κ1) is 30.1. The number of H-pyrrole nitrogens is 1. The Morgan fingerprint density at radius 2 is 1.72 bits per heavy atom. The molecule has 1 aliphatic rings. The first-order chi connectivity index (χ1) is 17.8. The molecule has 8 nitrogen and oxygen atoms in total. The number of halogens is 2. The number of amides is 2. The van der Waals surface area contributed by atoms with Crippen LogP contribution in [-0.2, 0) is 11.2 Å². The summed E-state index contributed by atoms with van der Waals surface area (Å²) in [7, 11) is 0. The average Bonchev–Trinajstić information content (AvgIpc) is 3.43. The van der Waals surface area contributed by atoms with E-state index >= 15 is 0 Å². The lowest BCUT2D eigenvalue weighted by atomic mass is 10.0. The molecule has 0 spiro atoms. The zero-order valence-electron chi connectivity index (χ0n) is 21.6. The third kappa shape index (κ3) is 6.79. The van der Waals surface area contributed by atoms with Crippen molar-refractivity contribution >= 4 is 64.4 Å². The first-order valence-electron chi connectivity index (χ1n) is 12.1. The van der Waals surface area contributed by atoms with Gasteiger partial charge in [-0.15, -0.1) is 24.8 Å². The summed E-state index contributed by atoms with van der Waals surface area (Å²) in [5.74, 6) is 2.72. The summed E-state index contributed by atoms with van der Waals surface area (Å²) in [6.07, 6.45) is 0.161. The molecule has 4 aromatic rings. The van der Waals surface area contributed by atoms with Crippen LogP contribution in [0.5, 0.6) is 17.2 Å². The molecular weight excluding hydrogens is 559 g/mol. The fourth-order valence-electron chi connectivity index (χ4n) is 4.25. The molecule has 2 atom stereocenters. The van der Waals surface area contributed by atoms with Gasteiger partial charge in [0.1, 0.15) is 17.3 Å². The van der Waals surface area contributed by atoms with Gasteiger partial charge < -0.3 is 20.2 Å². The van der Waals surface area contributed by atoms with Gasteiger partial charge in [0.25, 0.3) is 5.24 Å². The third-order valence-corrected chi connectivity index (χ3v) is 7.21. The third-order valence-electron chi connectivity index (χ3n) is 6.23. The molecule has 0 radical (unpaired) electrons. The number of nitrogens with zero attached hydrogens (tertiary/aromatic N) is 1. The Hall–Kier alpha value is -3.40. The van der Waals surface area contributed by atoms with E-state index in [1.165, 1.54) is 0 Å². The molecule has 2 amide bonds. The van der Waals surface area contributed by atoms with Gasteiger partial charge in [-0.05, 0) is 60.7 Å². The van der Waals surface area contributed by atoms with Crippen LogP contribution in [0.3, 0.4) is 0 Å².